The minimum atomic E-state index is -0.867. The second-order valence-electron chi connectivity index (χ2n) is 9.22. The van der Waals surface area contributed by atoms with Gasteiger partial charge in [-0.15, -0.1) is 0 Å². The van der Waals surface area contributed by atoms with E-state index in [1.807, 2.05) is 36.4 Å². The third kappa shape index (κ3) is 6.17. The Hall–Kier alpha value is -3.97. The number of carbonyl (C=O) groups is 2. The van der Waals surface area contributed by atoms with Crippen molar-refractivity contribution in [3.63, 3.8) is 0 Å². The minimum absolute atomic E-state index is 0.0146. The summed E-state index contributed by atoms with van der Waals surface area (Å²) < 4.78 is 13.8. The Bertz CT molecular complexity index is 1300. The monoisotopic (exact) mass is 487 g/mol. The molecule has 0 spiro atoms. The van der Waals surface area contributed by atoms with Gasteiger partial charge < -0.3 is 20.6 Å². The zero-order valence-corrected chi connectivity index (χ0v) is 20.5. The molecule has 3 aromatic carbocycles. The van der Waals surface area contributed by atoms with Crippen LogP contribution in [0, 0.1) is 5.82 Å². The molecule has 0 fully saturated rings. The Morgan fingerprint density at radius 2 is 1.78 bits per heavy atom. The molecular weight excluding hydrogens is 457 g/mol. The molecule has 4 rings (SSSR count). The lowest BCUT2D eigenvalue weighted by atomic mass is 9.97. The number of amides is 1. The number of aryl methyl sites for hydroxylation is 2. The summed E-state index contributed by atoms with van der Waals surface area (Å²) in [5.41, 5.74) is 5.66. The average Bonchev–Trinajstić information content (AvgIpc) is 3.16. The van der Waals surface area contributed by atoms with Crippen LogP contribution in [-0.2, 0) is 22.4 Å². The molecule has 1 aliphatic heterocycles. The van der Waals surface area contributed by atoms with Crippen LogP contribution in [-0.4, -0.2) is 42.5 Å². The van der Waals surface area contributed by atoms with E-state index < -0.39 is 11.8 Å². The third-order valence-corrected chi connectivity index (χ3v) is 6.11. The first-order valence-corrected chi connectivity index (χ1v) is 12.0. The molecule has 0 radical (unpaired) electrons. The largest absolute Gasteiger partial charge is 0.481 e. The van der Waals surface area contributed by atoms with Gasteiger partial charge in [-0.1, -0.05) is 30.3 Å². The molecular formula is C29H30FN3O3. The summed E-state index contributed by atoms with van der Waals surface area (Å²) in [7, 11) is 4.12. The highest BCUT2D eigenvalue weighted by molar-refractivity contribution is 6.37. The van der Waals surface area contributed by atoms with Gasteiger partial charge in [0, 0.05) is 17.7 Å². The number of carboxylic acid groups (broad SMARTS) is 1. The zero-order valence-electron chi connectivity index (χ0n) is 20.5. The SMILES string of the molecule is CN(C)CCCc1ccc(N/C(=C2\C(=O)Nc3cc(F)ccc32)c2cccc(CCC(=O)O)c2)cc1. The maximum atomic E-state index is 13.8. The summed E-state index contributed by atoms with van der Waals surface area (Å²) in [5.74, 6) is -1.62. The molecule has 0 unspecified atom stereocenters. The highest BCUT2D eigenvalue weighted by Crippen LogP contribution is 2.38. The lowest BCUT2D eigenvalue weighted by Gasteiger charge is -2.16. The van der Waals surface area contributed by atoms with E-state index in [1.54, 1.807) is 6.07 Å². The zero-order chi connectivity index (χ0) is 25.7. The van der Waals surface area contributed by atoms with E-state index >= 15 is 0 Å². The van der Waals surface area contributed by atoms with E-state index in [2.05, 4.69) is 41.8 Å². The molecule has 36 heavy (non-hydrogen) atoms. The molecule has 0 bridgehead atoms. The van der Waals surface area contributed by atoms with Crippen molar-refractivity contribution < 1.29 is 19.1 Å². The number of fused-ring (bicyclic) bond motifs is 1. The number of carboxylic acids is 1. The number of nitrogens with zero attached hydrogens (tertiary/aromatic N) is 1. The quantitative estimate of drug-likeness (QED) is 0.340. The summed E-state index contributed by atoms with van der Waals surface area (Å²) in [6, 6.07) is 19.8. The predicted molar refractivity (Wildman–Crippen MR) is 141 cm³/mol. The standard InChI is InChI=1S/C29H30FN3O3/c1-33(2)16-4-6-19-8-12-23(13-9-19)31-28(21-7-3-5-20(17-21)10-15-26(34)35)27-24-14-11-22(30)18-25(24)32-29(27)36/h3,5,7-9,11-14,17-18,31H,4,6,10,15-16H2,1-2H3,(H,32,36)(H,34,35)/b28-27-. The van der Waals surface area contributed by atoms with Crippen LogP contribution in [0.15, 0.2) is 66.7 Å². The molecule has 6 nitrogen and oxygen atoms in total. The van der Waals surface area contributed by atoms with Crippen LogP contribution in [0.4, 0.5) is 15.8 Å². The van der Waals surface area contributed by atoms with Crippen LogP contribution in [0.2, 0.25) is 0 Å². The van der Waals surface area contributed by atoms with Crippen molar-refractivity contribution in [1.82, 2.24) is 4.90 Å². The maximum absolute atomic E-state index is 13.8. The number of carbonyl (C=O) groups excluding carboxylic acids is 1. The third-order valence-electron chi connectivity index (χ3n) is 6.11. The number of hydrogen-bond donors (Lipinski definition) is 3. The normalized spacial score (nSPS) is 13.9. The van der Waals surface area contributed by atoms with E-state index in [1.165, 1.54) is 17.7 Å². The van der Waals surface area contributed by atoms with Crippen LogP contribution >= 0.6 is 0 Å². The van der Waals surface area contributed by atoms with Crippen LogP contribution < -0.4 is 10.6 Å². The number of aliphatic carboxylic acids is 1. The van der Waals surface area contributed by atoms with E-state index in [4.69, 9.17) is 5.11 Å². The Kier molecular flexibility index (Phi) is 7.80. The highest BCUT2D eigenvalue weighted by atomic mass is 19.1. The number of rotatable bonds is 10. The topological polar surface area (TPSA) is 81.7 Å². The highest BCUT2D eigenvalue weighted by Gasteiger charge is 2.29. The summed E-state index contributed by atoms with van der Waals surface area (Å²) in [5, 5.41) is 15.3. The van der Waals surface area contributed by atoms with Gasteiger partial charge in [0.05, 0.1) is 17.0 Å². The van der Waals surface area contributed by atoms with Gasteiger partial charge in [0.15, 0.2) is 0 Å². The molecule has 1 amide bonds. The summed E-state index contributed by atoms with van der Waals surface area (Å²) in [4.78, 5) is 26.3. The fourth-order valence-electron chi connectivity index (χ4n) is 4.30. The second-order valence-corrected chi connectivity index (χ2v) is 9.22. The molecule has 0 saturated carbocycles. The molecule has 7 heteroatoms. The molecule has 3 N–H and O–H groups in total. The smallest absolute Gasteiger partial charge is 0.303 e. The predicted octanol–water partition coefficient (Wildman–Crippen LogP) is 5.27. The van der Waals surface area contributed by atoms with Gasteiger partial charge in [-0.25, -0.2) is 4.39 Å². The number of benzene rings is 3. The Labute approximate surface area is 210 Å². The van der Waals surface area contributed by atoms with Crippen molar-refractivity contribution in [2.45, 2.75) is 25.7 Å². The Morgan fingerprint density at radius 1 is 1.00 bits per heavy atom. The van der Waals surface area contributed by atoms with Gasteiger partial charge in [0.1, 0.15) is 5.82 Å². The fourth-order valence-corrected chi connectivity index (χ4v) is 4.30. The second kappa shape index (κ2) is 11.2. The van der Waals surface area contributed by atoms with Gasteiger partial charge in [-0.3, -0.25) is 9.59 Å². The van der Waals surface area contributed by atoms with Gasteiger partial charge in [-0.2, -0.15) is 0 Å². The average molecular weight is 488 g/mol. The minimum Gasteiger partial charge on any atom is -0.481 e. The fraction of sp³-hybridized carbons (Fsp3) is 0.241. The van der Waals surface area contributed by atoms with Crippen molar-refractivity contribution >= 4 is 34.5 Å². The van der Waals surface area contributed by atoms with Crippen molar-refractivity contribution in [2.75, 3.05) is 31.3 Å². The Balaban J connectivity index is 1.70. The first kappa shape index (κ1) is 25.1. The van der Waals surface area contributed by atoms with Crippen LogP contribution in [0.1, 0.15) is 35.1 Å². The molecule has 3 aromatic rings. The van der Waals surface area contributed by atoms with Gasteiger partial charge in [-0.05, 0) is 93.0 Å². The lowest BCUT2D eigenvalue weighted by Crippen LogP contribution is -2.13. The molecule has 1 heterocycles. The van der Waals surface area contributed by atoms with E-state index in [9.17, 15) is 14.0 Å². The van der Waals surface area contributed by atoms with Gasteiger partial charge >= 0.3 is 5.97 Å². The van der Waals surface area contributed by atoms with Crippen molar-refractivity contribution in [2.24, 2.45) is 0 Å². The lowest BCUT2D eigenvalue weighted by molar-refractivity contribution is -0.137. The number of hydrogen-bond acceptors (Lipinski definition) is 4. The van der Waals surface area contributed by atoms with Gasteiger partial charge in [0.2, 0.25) is 0 Å². The van der Waals surface area contributed by atoms with Crippen molar-refractivity contribution in [1.29, 1.82) is 0 Å². The summed E-state index contributed by atoms with van der Waals surface area (Å²) in [6.45, 7) is 1.02. The van der Waals surface area contributed by atoms with Crippen molar-refractivity contribution in [3.8, 4) is 0 Å². The molecule has 0 aliphatic carbocycles. The molecule has 186 valence electrons. The van der Waals surface area contributed by atoms with Crippen LogP contribution in [0.25, 0.3) is 11.3 Å². The number of nitrogens with one attached hydrogen (secondary N) is 2. The number of halogens is 1. The molecule has 0 saturated heterocycles. The Morgan fingerprint density at radius 3 is 2.50 bits per heavy atom. The molecule has 0 atom stereocenters. The summed E-state index contributed by atoms with van der Waals surface area (Å²) >= 11 is 0. The number of anilines is 2. The molecule has 1 aliphatic rings. The first-order valence-electron chi connectivity index (χ1n) is 12.0. The van der Waals surface area contributed by atoms with E-state index in [0.717, 1.165) is 36.2 Å². The van der Waals surface area contributed by atoms with Crippen LogP contribution in [0.3, 0.4) is 0 Å². The van der Waals surface area contributed by atoms with E-state index in [0.29, 0.717) is 28.9 Å². The maximum Gasteiger partial charge on any atom is 0.303 e. The molecule has 0 aromatic heterocycles. The summed E-state index contributed by atoms with van der Waals surface area (Å²) in [6.07, 6.45) is 2.42. The van der Waals surface area contributed by atoms with Crippen LogP contribution in [0.5, 0.6) is 0 Å². The van der Waals surface area contributed by atoms with Crippen molar-refractivity contribution in [3.05, 3.63) is 94.8 Å². The van der Waals surface area contributed by atoms with E-state index in [-0.39, 0.29) is 12.3 Å². The van der Waals surface area contributed by atoms with Gasteiger partial charge in [0.25, 0.3) is 5.91 Å². The first-order chi connectivity index (χ1) is 17.3.